The van der Waals surface area contributed by atoms with Gasteiger partial charge in [0, 0.05) is 44.1 Å². The topological polar surface area (TPSA) is 104 Å². The van der Waals surface area contributed by atoms with Crippen LogP contribution in [0.1, 0.15) is 18.5 Å². The molecule has 0 bridgehead atoms. The second-order valence-electron chi connectivity index (χ2n) is 7.06. The van der Waals surface area contributed by atoms with Crippen LogP contribution >= 0.6 is 0 Å². The number of aromatic nitrogens is 2. The van der Waals surface area contributed by atoms with Crippen molar-refractivity contribution in [2.45, 2.75) is 26.0 Å². The van der Waals surface area contributed by atoms with Gasteiger partial charge in [0.2, 0.25) is 17.6 Å². The summed E-state index contributed by atoms with van der Waals surface area (Å²) in [5, 5.41) is 2.79. The highest BCUT2D eigenvalue weighted by molar-refractivity contribution is 5.91. The first kappa shape index (κ1) is 22.4. The third-order valence-electron chi connectivity index (χ3n) is 4.97. The summed E-state index contributed by atoms with van der Waals surface area (Å²) in [5.74, 6) is 1.36. The van der Waals surface area contributed by atoms with Crippen molar-refractivity contribution in [1.29, 1.82) is 0 Å². The Morgan fingerprint density at radius 1 is 1.03 bits per heavy atom. The molecule has 10 heteroatoms. The minimum Gasteiger partial charge on any atom is -0.493 e. The van der Waals surface area contributed by atoms with Crippen LogP contribution in [-0.4, -0.2) is 57.0 Å². The van der Waals surface area contributed by atoms with E-state index in [0.29, 0.717) is 34.6 Å². The molecule has 1 aromatic carbocycles. The number of hydrogen-bond donors (Lipinski definition) is 1. The lowest BCUT2D eigenvalue weighted by Gasteiger charge is -2.22. The molecule has 0 aliphatic carbocycles. The minimum atomic E-state index is -0.377. The fourth-order valence-corrected chi connectivity index (χ4v) is 3.57. The predicted octanol–water partition coefficient (Wildman–Crippen LogP) is 1.65. The molecule has 1 aromatic heterocycles. The number of carbonyl (C=O) groups excluding carboxylic acids is 1. The number of nitrogens with zero attached hydrogens (tertiary/aromatic N) is 3. The monoisotopic (exact) mass is 432 g/mol. The van der Waals surface area contributed by atoms with E-state index in [1.165, 1.54) is 32.0 Å². The molecule has 1 fully saturated rings. The Kier molecular flexibility index (Phi) is 7.35. The van der Waals surface area contributed by atoms with Gasteiger partial charge in [0.05, 0.1) is 33.6 Å². The van der Waals surface area contributed by atoms with Gasteiger partial charge in [-0.2, -0.15) is 0 Å². The molecule has 2 heterocycles. The second kappa shape index (κ2) is 10.2. The molecule has 0 saturated carbocycles. The molecule has 0 unspecified atom stereocenters. The Morgan fingerprint density at radius 2 is 1.68 bits per heavy atom. The lowest BCUT2D eigenvalue weighted by Crippen LogP contribution is -2.35. The number of rotatable bonds is 9. The molecule has 0 radical (unpaired) electrons. The first-order valence-electron chi connectivity index (χ1n) is 9.95. The number of methoxy groups -OCH3 is 4. The predicted molar refractivity (Wildman–Crippen MR) is 115 cm³/mol. The Balaban J connectivity index is 1.87. The fourth-order valence-electron chi connectivity index (χ4n) is 3.57. The SMILES string of the molecule is COCc1cc(=O)n(CC(=O)Nc2cc(OC)c(OC)c(OC)c2)c(N2CCCC2)n1. The van der Waals surface area contributed by atoms with Crippen LogP contribution in [0.2, 0.25) is 0 Å². The van der Waals surface area contributed by atoms with Gasteiger partial charge < -0.3 is 29.2 Å². The molecular formula is C21H28N4O6. The molecule has 1 saturated heterocycles. The number of amides is 1. The van der Waals surface area contributed by atoms with Gasteiger partial charge in [0.15, 0.2) is 11.5 Å². The fraction of sp³-hybridized carbons (Fsp3) is 0.476. The normalized spacial score (nSPS) is 13.2. The van der Waals surface area contributed by atoms with Crippen molar-refractivity contribution in [3.63, 3.8) is 0 Å². The number of anilines is 2. The average Bonchev–Trinajstić information content (AvgIpc) is 3.29. The highest BCUT2D eigenvalue weighted by Gasteiger charge is 2.21. The van der Waals surface area contributed by atoms with Gasteiger partial charge in [-0.1, -0.05) is 0 Å². The molecular weight excluding hydrogens is 404 g/mol. The zero-order chi connectivity index (χ0) is 22.4. The van der Waals surface area contributed by atoms with Gasteiger partial charge in [-0.25, -0.2) is 4.98 Å². The van der Waals surface area contributed by atoms with E-state index in [9.17, 15) is 9.59 Å². The van der Waals surface area contributed by atoms with Gasteiger partial charge in [0.1, 0.15) is 6.54 Å². The van der Waals surface area contributed by atoms with Gasteiger partial charge in [0.25, 0.3) is 5.56 Å². The van der Waals surface area contributed by atoms with Crippen LogP contribution in [0.25, 0.3) is 0 Å². The number of hydrogen-bond acceptors (Lipinski definition) is 8. The molecule has 168 valence electrons. The van der Waals surface area contributed by atoms with E-state index in [2.05, 4.69) is 10.3 Å². The largest absolute Gasteiger partial charge is 0.493 e. The van der Waals surface area contributed by atoms with E-state index >= 15 is 0 Å². The Morgan fingerprint density at radius 3 is 2.23 bits per heavy atom. The molecule has 2 aromatic rings. The smallest absolute Gasteiger partial charge is 0.255 e. The van der Waals surface area contributed by atoms with Crippen LogP contribution in [0.5, 0.6) is 17.2 Å². The maximum Gasteiger partial charge on any atom is 0.255 e. The number of benzene rings is 1. The van der Waals surface area contributed by atoms with Crippen molar-refractivity contribution in [1.82, 2.24) is 9.55 Å². The third-order valence-corrected chi connectivity index (χ3v) is 4.97. The third kappa shape index (κ3) is 5.08. The van der Waals surface area contributed by atoms with E-state index in [0.717, 1.165) is 25.9 Å². The summed E-state index contributed by atoms with van der Waals surface area (Å²) >= 11 is 0. The number of nitrogens with one attached hydrogen (secondary N) is 1. The summed E-state index contributed by atoms with van der Waals surface area (Å²) in [6.45, 7) is 1.63. The molecule has 31 heavy (non-hydrogen) atoms. The summed E-state index contributed by atoms with van der Waals surface area (Å²) in [4.78, 5) is 32.2. The lowest BCUT2D eigenvalue weighted by atomic mass is 10.2. The average molecular weight is 432 g/mol. The van der Waals surface area contributed by atoms with E-state index in [-0.39, 0.29) is 24.6 Å². The van der Waals surface area contributed by atoms with Crippen molar-refractivity contribution < 1.29 is 23.7 Å². The van der Waals surface area contributed by atoms with Gasteiger partial charge in [-0.3, -0.25) is 14.2 Å². The Labute approximate surface area is 180 Å². The molecule has 1 aliphatic heterocycles. The molecule has 0 atom stereocenters. The quantitative estimate of drug-likeness (QED) is 0.638. The zero-order valence-corrected chi connectivity index (χ0v) is 18.3. The minimum absolute atomic E-state index is 0.179. The van der Waals surface area contributed by atoms with Crippen molar-refractivity contribution in [3.05, 3.63) is 34.2 Å². The van der Waals surface area contributed by atoms with Crippen LogP contribution in [-0.2, 0) is 22.7 Å². The van der Waals surface area contributed by atoms with Crippen LogP contribution in [0.3, 0.4) is 0 Å². The van der Waals surface area contributed by atoms with E-state index in [1.54, 1.807) is 19.2 Å². The Bertz CT molecular complexity index is 959. The van der Waals surface area contributed by atoms with Crippen LogP contribution in [0.15, 0.2) is 23.0 Å². The standard InChI is InChI=1S/C21H28N4O6/c1-28-13-15-11-19(27)25(21(23-15)24-7-5-6-8-24)12-18(26)22-14-9-16(29-2)20(31-4)17(10-14)30-3/h9-11H,5-8,12-13H2,1-4H3,(H,22,26). The van der Waals surface area contributed by atoms with E-state index < -0.39 is 0 Å². The van der Waals surface area contributed by atoms with Gasteiger partial charge >= 0.3 is 0 Å². The molecule has 10 nitrogen and oxygen atoms in total. The maximum atomic E-state index is 12.8. The summed E-state index contributed by atoms with van der Waals surface area (Å²) < 4.78 is 22.5. The van der Waals surface area contributed by atoms with Crippen molar-refractivity contribution >= 4 is 17.5 Å². The lowest BCUT2D eigenvalue weighted by molar-refractivity contribution is -0.116. The highest BCUT2D eigenvalue weighted by atomic mass is 16.5. The zero-order valence-electron chi connectivity index (χ0n) is 18.3. The van der Waals surface area contributed by atoms with Gasteiger partial charge in [-0.05, 0) is 12.8 Å². The molecule has 1 N–H and O–H groups in total. The van der Waals surface area contributed by atoms with Crippen LogP contribution < -0.4 is 30.0 Å². The first-order valence-corrected chi connectivity index (χ1v) is 9.95. The summed E-state index contributed by atoms with van der Waals surface area (Å²) in [6.07, 6.45) is 2.03. The number of ether oxygens (including phenoxy) is 4. The van der Waals surface area contributed by atoms with Crippen LogP contribution in [0.4, 0.5) is 11.6 Å². The van der Waals surface area contributed by atoms with E-state index in [4.69, 9.17) is 18.9 Å². The molecule has 3 rings (SSSR count). The summed E-state index contributed by atoms with van der Waals surface area (Å²) in [6, 6.07) is 4.66. The first-order chi connectivity index (χ1) is 15.0. The van der Waals surface area contributed by atoms with Crippen molar-refractivity contribution in [2.75, 3.05) is 51.7 Å². The highest BCUT2D eigenvalue weighted by Crippen LogP contribution is 2.39. The maximum absolute atomic E-state index is 12.8. The molecule has 1 amide bonds. The van der Waals surface area contributed by atoms with Crippen molar-refractivity contribution in [2.24, 2.45) is 0 Å². The molecule has 0 spiro atoms. The summed E-state index contributed by atoms with van der Waals surface area (Å²) in [5.41, 5.74) is 0.693. The van der Waals surface area contributed by atoms with Crippen LogP contribution in [0, 0.1) is 0 Å². The second-order valence-corrected chi connectivity index (χ2v) is 7.06. The molecule has 1 aliphatic rings. The Hall–Kier alpha value is -3.27. The van der Waals surface area contributed by atoms with E-state index in [1.807, 2.05) is 4.90 Å². The summed E-state index contributed by atoms with van der Waals surface area (Å²) in [7, 11) is 6.05. The van der Waals surface area contributed by atoms with Crippen molar-refractivity contribution in [3.8, 4) is 17.2 Å². The number of carbonyl (C=O) groups is 1. The van der Waals surface area contributed by atoms with Gasteiger partial charge in [-0.15, -0.1) is 0 Å².